The number of fused-ring (bicyclic) bond motifs is 1. The quantitative estimate of drug-likeness (QED) is 0.892. The van der Waals surface area contributed by atoms with Crippen molar-refractivity contribution >= 4 is 29.3 Å². The number of benzene rings is 1. The molecule has 120 valence electrons. The molecule has 1 atom stereocenters. The second kappa shape index (κ2) is 6.71. The first-order valence-electron chi connectivity index (χ1n) is 7.59. The summed E-state index contributed by atoms with van der Waals surface area (Å²) < 4.78 is 5.88. The van der Waals surface area contributed by atoms with Crippen molar-refractivity contribution in [3.05, 3.63) is 34.6 Å². The number of nitrogens with one attached hydrogen (secondary N) is 2. The normalized spacial score (nSPS) is 18.0. The van der Waals surface area contributed by atoms with E-state index in [0.29, 0.717) is 5.76 Å². The number of furan rings is 1. The third-order valence-electron chi connectivity index (χ3n) is 4.32. The largest absolute Gasteiger partial charge is 0.450 e. The highest BCUT2D eigenvalue weighted by molar-refractivity contribution is 6.00. The second-order valence-corrected chi connectivity index (χ2v) is 5.98. The topological polar surface area (TPSA) is 54.3 Å². The molecule has 1 saturated heterocycles. The summed E-state index contributed by atoms with van der Waals surface area (Å²) >= 11 is 0. The highest BCUT2D eigenvalue weighted by Gasteiger charge is 2.23. The molecule has 0 saturated carbocycles. The van der Waals surface area contributed by atoms with Gasteiger partial charge in [-0.15, -0.1) is 12.4 Å². The molecule has 3 rings (SSSR count). The van der Waals surface area contributed by atoms with Crippen LogP contribution in [-0.4, -0.2) is 25.0 Å². The average molecular weight is 323 g/mol. The third-order valence-corrected chi connectivity index (χ3v) is 4.32. The number of carbonyl (C=O) groups excluding carboxylic acids is 1. The Morgan fingerprint density at radius 2 is 2.00 bits per heavy atom. The fourth-order valence-electron chi connectivity index (χ4n) is 3.12. The van der Waals surface area contributed by atoms with Crippen LogP contribution in [0.5, 0.6) is 0 Å². The fraction of sp³-hybridized carbons (Fsp3) is 0.471. The predicted molar refractivity (Wildman–Crippen MR) is 91.0 cm³/mol. The van der Waals surface area contributed by atoms with Crippen LogP contribution in [-0.2, 0) is 0 Å². The summed E-state index contributed by atoms with van der Waals surface area (Å²) in [6.07, 6.45) is 2.12. The van der Waals surface area contributed by atoms with Crippen LogP contribution in [0.1, 0.15) is 40.1 Å². The first-order valence-corrected chi connectivity index (χ1v) is 7.59. The summed E-state index contributed by atoms with van der Waals surface area (Å²) in [6.45, 7) is 7.90. The zero-order valence-electron chi connectivity index (χ0n) is 13.3. The summed E-state index contributed by atoms with van der Waals surface area (Å²) in [5.41, 5.74) is 3.99. The minimum atomic E-state index is -0.101. The fourth-order valence-corrected chi connectivity index (χ4v) is 3.12. The standard InChI is InChI=1S/C17H22N2O2.ClH/c1-10-6-7-11(2)15-14(10)12(3)16(21-15)17(20)19-13-5-4-8-18-9-13;/h6-7,13,18H,4-5,8-9H2,1-3H3,(H,19,20);1H. The van der Waals surface area contributed by atoms with Crippen molar-refractivity contribution < 1.29 is 9.21 Å². The minimum absolute atomic E-state index is 0. The summed E-state index contributed by atoms with van der Waals surface area (Å²) in [5, 5.41) is 7.46. The molecule has 0 spiro atoms. The lowest BCUT2D eigenvalue weighted by molar-refractivity contribution is 0.0904. The molecule has 2 N–H and O–H groups in total. The van der Waals surface area contributed by atoms with E-state index < -0.39 is 0 Å². The predicted octanol–water partition coefficient (Wildman–Crippen LogP) is 3.26. The smallest absolute Gasteiger partial charge is 0.287 e. The van der Waals surface area contributed by atoms with E-state index in [1.165, 1.54) is 0 Å². The van der Waals surface area contributed by atoms with Gasteiger partial charge in [-0.1, -0.05) is 12.1 Å². The molecule has 1 aromatic heterocycles. The van der Waals surface area contributed by atoms with Crippen LogP contribution in [0.4, 0.5) is 0 Å². The van der Waals surface area contributed by atoms with E-state index in [2.05, 4.69) is 23.6 Å². The van der Waals surface area contributed by atoms with Gasteiger partial charge in [-0.2, -0.15) is 0 Å². The van der Waals surface area contributed by atoms with E-state index in [1.807, 2.05) is 19.9 Å². The number of piperidine rings is 1. The molecule has 2 aromatic rings. The average Bonchev–Trinajstić information content (AvgIpc) is 2.83. The SMILES string of the molecule is Cc1ccc(C)c2c(C)c(C(=O)NC3CCCNC3)oc12.Cl. The van der Waals surface area contributed by atoms with E-state index in [-0.39, 0.29) is 24.4 Å². The molecule has 22 heavy (non-hydrogen) atoms. The summed E-state index contributed by atoms with van der Waals surface area (Å²) in [4.78, 5) is 12.5. The molecular weight excluding hydrogens is 300 g/mol. The van der Waals surface area contributed by atoms with Crippen LogP contribution in [0.3, 0.4) is 0 Å². The molecule has 1 amide bonds. The number of aryl methyl sites for hydroxylation is 3. The van der Waals surface area contributed by atoms with Gasteiger partial charge in [-0.3, -0.25) is 4.79 Å². The van der Waals surface area contributed by atoms with Gasteiger partial charge in [0.15, 0.2) is 5.76 Å². The van der Waals surface area contributed by atoms with E-state index >= 15 is 0 Å². The third kappa shape index (κ3) is 2.99. The maximum Gasteiger partial charge on any atom is 0.287 e. The molecule has 2 heterocycles. The van der Waals surface area contributed by atoms with Gasteiger partial charge in [0.1, 0.15) is 5.58 Å². The van der Waals surface area contributed by atoms with Crippen LogP contribution < -0.4 is 10.6 Å². The van der Waals surface area contributed by atoms with E-state index in [0.717, 1.165) is 53.6 Å². The maximum atomic E-state index is 12.5. The molecule has 0 aliphatic carbocycles. The Bertz CT molecular complexity index is 688. The van der Waals surface area contributed by atoms with Gasteiger partial charge in [0.25, 0.3) is 5.91 Å². The molecular formula is C17H23ClN2O2. The van der Waals surface area contributed by atoms with Gasteiger partial charge in [-0.05, 0) is 51.3 Å². The van der Waals surface area contributed by atoms with Crippen LogP contribution in [0.25, 0.3) is 11.0 Å². The number of halogens is 1. The Hall–Kier alpha value is -1.52. The van der Waals surface area contributed by atoms with Gasteiger partial charge >= 0.3 is 0 Å². The van der Waals surface area contributed by atoms with Gasteiger partial charge < -0.3 is 15.1 Å². The maximum absolute atomic E-state index is 12.5. The van der Waals surface area contributed by atoms with E-state index in [9.17, 15) is 4.79 Å². The first kappa shape index (κ1) is 16.8. The van der Waals surface area contributed by atoms with Gasteiger partial charge in [0.2, 0.25) is 0 Å². The number of rotatable bonds is 2. The molecule has 5 heteroatoms. The number of hydrogen-bond acceptors (Lipinski definition) is 3. The molecule has 1 aliphatic heterocycles. The summed E-state index contributed by atoms with van der Waals surface area (Å²) in [5.74, 6) is 0.351. The Morgan fingerprint density at radius 1 is 1.27 bits per heavy atom. The highest BCUT2D eigenvalue weighted by Crippen LogP contribution is 2.30. The second-order valence-electron chi connectivity index (χ2n) is 5.98. The minimum Gasteiger partial charge on any atom is -0.450 e. The molecule has 1 aromatic carbocycles. The zero-order valence-corrected chi connectivity index (χ0v) is 14.1. The zero-order chi connectivity index (χ0) is 15.0. The molecule has 0 bridgehead atoms. The number of amides is 1. The van der Waals surface area contributed by atoms with Crippen LogP contribution in [0.2, 0.25) is 0 Å². The Morgan fingerprint density at radius 3 is 2.64 bits per heavy atom. The summed E-state index contributed by atoms with van der Waals surface area (Å²) in [6, 6.07) is 4.31. The van der Waals surface area contributed by atoms with E-state index in [4.69, 9.17) is 4.42 Å². The van der Waals surface area contributed by atoms with Crippen molar-refractivity contribution in [3.8, 4) is 0 Å². The molecule has 1 unspecified atom stereocenters. The lowest BCUT2D eigenvalue weighted by Gasteiger charge is -2.23. The Balaban J connectivity index is 0.00000176. The van der Waals surface area contributed by atoms with Gasteiger partial charge in [0.05, 0.1) is 0 Å². The van der Waals surface area contributed by atoms with Crippen molar-refractivity contribution in [2.75, 3.05) is 13.1 Å². The van der Waals surface area contributed by atoms with Crippen molar-refractivity contribution in [1.82, 2.24) is 10.6 Å². The molecule has 4 nitrogen and oxygen atoms in total. The van der Waals surface area contributed by atoms with E-state index in [1.54, 1.807) is 0 Å². The van der Waals surface area contributed by atoms with Crippen LogP contribution >= 0.6 is 12.4 Å². The number of carbonyl (C=O) groups is 1. The lowest BCUT2D eigenvalue weighted by Crippen LogP contribution is -2.45. The van der Waals surface area contributed by atoms with Crippen molar-refractivity contribution in [2.45, 2.75) is 39.7 Å². The van der Waals surface area contributed by atoms with Crippen molar-refractivity contribution in [2.24, 2.45) is 0 Å². The molecule has 0 radical (unpaired) electrons. The molecule has 1 aliphatic rings. The van der Waals surface area contributed by atoms with Crippen molar-refractivity contribution in [1.29, 1.82) is 0 Å². The monoisotopic (exact) mass is 322 g/mol. The lowest BCUT2D eigenvalue weighted by atomic mass is 10.0. The van der Waals surface area contributed by atoms with Crippen molar-refractivity contribution in [3.63, 3.8) is 0 Å². The summed E-state index contributed by atoms with van der Waals surface area (Å²) in [7, 11) is 0. The number of hydrogen-bond donors (Lipinski definition) is 2. The van der Waals surface area contributed by atoms with Crippen LogP contribution in [0.15, 0.2) is 16.5 Å². The Kier molecular flexibility index (Phi) is 5.14. The van der Waals surface area contributed by atoms with Gasteiger partial charge in [0, 0.05) is 23.5 Å². The molecule has 1 fully saturated rings. The Labute approximate surface area is 137 Å². The van der Waals surface area contributed by atoms with Crippen LogP contribution in [0, 0.1) is 20.8 Å². The van der Waals surface area contributed by atoms with Gasteiger partial charge in [-0.25, -0.2) is 0 Å². The highest BCUT2D eigenvalue weighted by atomic mass is 35.5. The first-order chi connectivity index (χ1) is 10.1.